The highest BCUT2D eigenvalue weighted by molar-refractivity contribution is 5.78. The number of nitrogens with one attached hydrogen (secondary N) is 3. The molecule has 1 aliphatic rings. The van der Waals surface area contributed by atoms with Gasteiger partial charge in [-0.2, -0.15) is 10.2 Å². The molecule has 180 valence electrons. The second-order valence-corrected chi connectivity index (χ2v) is 8.15. The highest BCUT2D eigenvalue weighted by Crippen LogP contribution is 2.32. The minimum atomic E-state index is -2.59. The summed E-state index contributed by atoms with van der Waals surface area (Å²) in [5.41, 5.74) is 2.31. The molecule has 1 aliphatic heterocycles. The second kappa shape index (κ2) is 8.78. The van der Waals surface area contributed by atoms with Crippen LogP contribution in [0.25, 0.3) is 22.6 Å². The standard InChI is InChI=1S/C23H22F2N8O2/c1-3-23(12-27-22(34)35-23)33-7-5-16(32-33)20-15(11-28-31-20)17-8-13(2)9-19(29-17)30-18-10-14(21(24)25)4-6-26-18/h4-11,21H,3,12H2,1-2H3,(H,27,34)(H,28,31)(H,26,29,30). The van der Waals surface area contributed by atoms with Gasteiger partial charge >= 0.3 is 6.09 Å². The number of hydrogen-bond acceptors (Lipinski definition) is 7. The van der Waals surface area contributed by atoms with Gasteiger partial charge in [-0.1, -0.05) is 6.92 Å². The van der Waals surface area contributed by atoms with Gasteiger partial charge in [0.15, 0.2) is 0 Å². The molecule has 0 aromatic carbocycles. The summed E-state index contributed by atoms with van der Waals surface area (Å²) in [7, 11) is 0. The number of anilines is 2. The Morgan fingerprint density at radius 3 is 2.83 bits per heavy atom. The Labute approximate surface area is 198 Å². The smallest absolute Gasteiger partial charge is 0.409 e. The number of carbonyl (C=O) groups excluding carboxylic acids is 1. The van der Waals surface area contributed by atoms with Gasteiger partial charge in [-0.25, -0.2) is 28.2 Å². The number of aromatic nitrogens is 6. The van der Waals surface area contributed by atoms with Crippen LogP contribution in [0.15, 0.2) is 48.9 Å². The third kappa shape index (κ3) is 4.29. The van der Waals surface area contributed by atoms with E-state index in [9.17, 15) is 13.6 Å². The zero-order valence-electron chi connectivity index (χ0n) is 18.9. The third-order valence-corrected chi connectivity index (χ3v) is 5.77. The lowest BCUT2D eigenvalue weighted by Crippen LogP contribution is -2.37. The molecular formula is C23H22F2N8O2. The molecule has 0 spiro atoms. The molecule has 1 saturated heterocycles. The Morgan fingerprint density at radius 2 is 2.09 bits per heavy atom. The van der Waals surface area contributed by atoms with Gasteiger partial charge in [-0.05, 0) is 42.8 Å². The maximum absolute atomic E-state index is 13.1. The molecule has 35 heavy (non-hydrogen) atoms. The first-order valence-corrected chi connectivity index (χ1v) is 10.9. The van der Waals surface area contributed by atoms with Gasteiger partial charge in [0.2, 0.25) is 5.72 Å². The van der Waals surface area contributed by atoms with Crippen molar-refractivity contribution in [3.63, 3.8) is 0 Å². The summed E-state index contributed by atoms with van der Waals surface area (Å²) < 4.78 is 33.2. The van der Waals surface area contributed by atoms with Crippen molar-refractivity contribution >= 4 is 17.7 Å². The van der Waals surface area contributed by atoms with Crippen LogP contribution in [-0.2, 0) is 10.5 Å². The normalized spacial score (nSPS) is 17.5. The van der Waals surface area contributed by atoms with E-state index in [1.54, 1.807) is 29.2 Å². The second-order valence-electron chi connectivity index (χ2n) is 8.15. The number of hydrogen-bond donors (Lipinski definition) is 3. The molecular weight excluding hydrogens is 458 g/mol. The van der Waals surface area contributed by atoms with Crippen molar-refractivity contribution in [3.8, 4) is 22.6 Å². The zero-order chi connectivity index (χ0) is 24.6. The number of nitrogens with zero attached hydrogens (tertiary/aromatic N) is 5. The molecule has 5 rings (SSSR count). The summed E-state index contributed by atoms with van der Waals surface area (Å²) in [5, 5.41) is 17.5. The van der Waals surface area contributed by atoms with E-state index < -0.39 is 18.2 Å². The van der Waals surface area contributed by atoms with Crippen molar-refractivity contribution in [2.75, 3.05) is 11.9 Å². The lowest BCUT2D eigenvalue weighted by Gasteiger charge is -2.24. The van der Waals surface area contributed by atoms with E-state index in [2.05, 4.69) is 35.9 Å². The van der Waals surface area contributed by atoms with E-state index in [-0.39, 0.29) is 11.4 Å². The average Bonchev–Trinajstić information content (AvgIpc) is 3.58. The monoisotopic (exact) mass is 480 g/mol. The first kappa shape index (κ1) is 22.4. The number of halogens is 2. The Bertz CT molecular complexity index is 1390. The van der Waals surface area contributed by atoms with Crippen LogP contribution in [0.3, 0.4) is 0 Å². The average molecular weight is 480 g/mol. The van der Waals surface area contributed by atoms with Crippen molar-refractivity contribution in [3.05, 3.63) is 60.0 Å². The minimum absolute atomic E-state index is 0.129. The number of aromatic amines is 1. The highest BCUT2D eigenvalue weighted by atomic mass is 19.3. The van der Waals surface area contributed by atoms with Crippen molar-refractivity contribution in [2.45, 2.75) is 32.4 Å². The van der Waals surface area contributed by atoms with Crippen LogP contribution < -0.4 is 10.6 Å². The SMILES string of the molecule is CCC1(n2ccc(-c3n[nH]cc3-c3cc(C)cc(Nc4cc(C(F)F)ccn4)n3)n2)CNC(=O)O1. The molecule has 0 saturated carbocycles. The maximum Gasteiger partial charge on any atom is 0.409 e. The van der Waals surface area contributed by atoms with E-state index in [1.165, 1.54) is 18.3 Å². The topological polar surface area (TPSA) is 123 Å². The first-order chi connectivity index (χ1) is 16.9. The third-order valence-electron chi connectivity index (χ3n) is 5.77. The number of pyridine rings is 2. The van der Waals surface area contributed by atoms with Gasteiger partial charge in [0.1, 0.15) is 23.0 Å². The Hall–Kier alpha value is -4.35. The molecule has 10 nitrogen and oxygen atoms in total. The largest absolute Gasteiger partial charge is 0.419 e. The number of aryl methyl sites for hydroxylation is 1. The Kier molecular flexibility index (Phi) is 5.63. The molecule has 1 amide bonds. The van der Waals surface area contributed by atoms with E-state index in [4.69, 9.17) is 4.74 Å². The highest BCUT2D eigenvalue weighted by Gasteiger charge is 2.41. The van der Waals surface area contributed by atoms with Crippen LogP contribution in [0, 0.1) is 6.92 Å². The molecule has 0 bridgehead atoms. The summed E-state index contributed by atoms with van der Waals surface area (Å²) in [6.45, 7) is 4.13. The molecule has 0 aliphatic carbocycles. The number of rotatable bonds is 7. The Balaban J connectivity index is 1.46. The van der Waals surface area contributed by atoms with Gasteiger partial charge in [0.25, 0.3) is 6.43 Å². The molecule has 1 fully saturated rings. The molecule has 1 unspecified atom stereocenters. The van der Waals surface area contributed by atoms with Gasteiger partial charge in [-0.3, -0.25) is 5.10 Å². The van der Waals surface area contributed by atoms with Crippen molar-refractivity contribution < 1.29 is 18.3 Å². The van der Waals surface area contributed by atoms with Crippen LogP contribution in [0.5, 0.6) is 0 Å². The van der Waals surface area contributed by atoms with Crippen LogP contribution in [0.1, 0.15) is 30.9 Å². The van der Waals surface area contributed by atoms with Crippen molar-refractivity contribution in [1.29, 1.82) is 0 Å². The van der Waals surface area contributed by atoms with Crippen LogP contribution in [-0.4, -0.2) is 42.6 Å². The van der Waals surface area contributed by atoms with Crippen LogP contribution in [0.4, 0.5) is 25.2 Å². The summed E-state index contributed by atoms with van der Waals surface area (Å²) in [6.07, 6.45) is 2.24. The molecule has 5 heterocycles. The lowest BCUT2D eigenvalue weighted by molar-refractivity contribution is -0.0228. The van der Waals surface area contributed by atoms with E-state index in [1.807, 2.05) is 19.9 Å². The van der Waals surface area contributed by atoms with Gasteiger partial charge in [-0.15, -0.1) is 0 Å². The van der Waals surface area contributed by atoms with Crippen molar-refractivity contribution in [2.24, 2.45) is 0 Å². The fourth-order valence-corrected chi connectivity index (χ4v) is 3.95. The maximum atomic E-state index is 13.1. The number of alkyl halides is 2. The molecule has 12 heteroatoms. The quantitative estimate of drug-likeness (QED) is 0.355. The minimum Gasteiger partial charge on any atom is -0.419 e. The molecule has 4 aromatic rings. The number of H-pyrrole nitrogens is 1. The summed E-state index contributed by atoms with van der Waals surface area (Å²) >= 11 is 0. The lowest BCUT2D eigenvalue weighted by atomic mass is 10.1. The fraction of sp³-hybridized carbons (Fsp3) is 0.261. The number of cyclic esters (lactones) is 1. The van der Waals surface area contributed by atoms with Crippen LogP contribution in [0.2, 0.25) is 0 Å². The Morgan fingerprint density at radius 1 is 1.23 bits per heavy atom. The van der Waals surface area contributed by atoms with Gasteiger partial charge in [0, 0.05) is 36.1 Å². The molecule has 0 radical (unpaired) electrons. The van der Waals surface area contributed by atoms with Gasteiger partial charge < -0.3 is 15.4 Å². The fourth-order valence-electron chi connectivity index (χ4n) is 3.95. The predicted octanol–water partition coefficient (Wildman–Crippen LogP) is 4.52. The molecule has 3 N–H and O–H groups in total. The molecule has 1 atom stereocenters. The van der Waals surface area contributed by atoms with E-state index >= 15 is 0 Å². The van der Waals surface area contributed by atoms with Crippen LogP contribution >= 0.6 is 0 Å². The predicted molar refractivity (Wildman–Crippen MR) is 123 cm³/mol. The van der Waals surface area contributed by atoms with Gasteiger partial charge in [0.05, 0.1) is 12.2 Å². The van der Waals surface area contributed by atoms with E-state index in [0.29, 0.717) is 41.4 Å². The van der Waals surface area contributed by atoms with E-state index in [0.717, 1.165) is 5.56 Å². The number of carbonyl (C=O) groups is 1. The number of alkyl carbamates (subject to hydrolysis) is 1. The van der Waals surface area contributed by atoms with Crippen molar-refractivity contribution in [1.82, 2.24) is 35.3 Å². The summed E-state index contributed by atoms with van der Waals surface area (Å²) in [5.74, 6) is 0.716. The first-order valence-electron chi connectivity index (χ1n) is 10.9. The number of ether oxygens (including phenoxy) is 1. The summed E-state index contributed by atoms with van der Waals surface area (Å²) in [4.78, 5) is 20.4. The zero-order valence-corrected chi connectivity index (χ0v) is 18.9. The number of amides is 1. The summed E-state index contributed by atoms with van der Waals surface area (Å²) in [6, 6.07) is 8.03. The molecule has 4 aromatic heterocycles.